The predicted octanol–water partition coefficient (Wildman–Crippen LogP) is 2.45. The number of aromatic nitrogens is 2. The van der Waals surface area contributed by atoms with E-state index in [9.17, 15) is 18.0 Å². The Bertz CT molecular complexity index is 862. The van der Waals surface area contributed by atoms with Crippen molar-refractivity contribution >= 4 is 23.2 Å². The fourth-order valence-corrected chi connectivity index (χ4v) is 4.12. The number of halogens is 3. The largest absolute Gasteiger partial charge is 0.490 e. The van der Waals surface area contributed by atoms with Gasteiger partial charge < -0.3 is 14.6 Å². The highest BCUT2D eigenvalue weighted by molar-refractivity contribution is 7.09. The summed E-state index contributed by atoms with van der Waals surface area (Å²) in [7, 11) is 2.00. The van der Waals surface area contributed by atoms with E-state index < -0.39 is 12.1 Å². The molecule has 0 aliphatic carbocycles. The summed E-state index contributed by atoms with van der Waals surface area (Å²) in [5.41, 5.74) is 2.17. The van der Waals surface area contributed by atoms with Crippen LogP contribution in [0.15, 0.2) is 23.8 Å². The Morgan fingerprint density at radius 2 is 2.03 bits per heavy atom. The summed E-state index contributed by atoms with van der Waals surface area (Å²) in [6, 6.07) is 4.24. The maximum Gasteiger partial charge on any atom is 0.490 e. The van der Waals surface area contributed by atoms with Gasteiger partial charge in [-0.1, -0.05) is 6.07 Å². The standard InChI is InChI=1S/C16H20N4OS.C2HF3O2/c1-18-11-17-14-10-19(8-12-4-2-7-22-12)9-13(15(14)18)16(21)20-5-3-6-20;3-2(4,5)1(6)7/h2,4,7,11,13H,3,5-6,8-10H2,1H3;(H,6,7). The maximum absolute atomic E-state index is 12.8. The number of aliphatic carboxylic acids is 1. The molecule has 0 radical (unpaired) electrons. The van der Waals surface area contributed by atoms with E-state index in [0.717, 1.165) is 50.5 Å². The van der Waals surface area contributed by atoms with Crippen LogP contribution >= 0.6 is 11.3 Å². The summed E-state index contributed by atoms with van der Waals surface area (Å²) in [5, 5.41) is 9.23. The first-order valence-electron chi connectivity index (χ1n) is 9.00. The number of hydrogen-bond acceptors (Lipinski definition) is 5. The molecule has 1 fully saturated rings. The van der Waals surface area contributed by atoms with Crippen molar-refractivity contribution in [1.82, 2.24) is 19.4 Å². The van der Waals surface area contributed by atoms with E-state index in [-0.39, 0.29) is 11.8 Å². The van der Waals surface area contributed by atoms with E-state index in [4.69, 9.17) is 9.90 Å². The SMILES string of the molecule is Cn1cnc2c1C(C(=O)N1CCC1)CN(Cc1cccs1)C2.O=C(O)C(F)(F)F. The number of likely N-dealkylation sites (tertiary alicyclic amines) is 1. The number of amides is 1. The van der Waals surface area contributed by atoms with Gasteiger partial charge in [0.05, 0.1) is 23.6 Å². The number of carboxylic acids is 1. The molecular formula is C18H21F3N4O3S. The molecule has 0 saturated carbocycles. The van der Waals surface area contributed by atoms with Crippen LogP contribution in [0.5, 0.6) is 0 Å². The Balaban J connectivity index is 0.000000298. The minimum atomic E-state index is -5.08. The van der Waals surface area contributed by atoms with Crippen molar-refractivity contribution in [3.63, 3.8) is 0 Å². The van der Waals surface area contributed by atoms with Crippen molar-refractivity contribution in [3.8, 4) is 0 Å². The van der Waals surface area contributed by atoms with Crippen LogP contribution in [0.25, 0.3) is 0 Å². The molecule has 29 heavy (non-hydrogen) atoms. The second-order valence-corrected chi connectivity index (χ2v) is 8.00. The zero-order valence-electron chi connectivity index (χ0n) is 15.7. The lowest BCUT2D eigenvalue weighted by Crippen LogP contribution is -2.48. The number of carbonyl (C=O) groups excluding carboxylic acids is 1. The van der Waals surface area contributed by atoms with Crippen LogP contribution in [-0.2, 0) is 29.7 Å². The van der Waals surface area contributed by atoms with Crippen LogP contribution < -0.4 is 0 Å². The number of carbonyl (C=O) groups is 2. The summed E-state index contributed by atoms with van der Waals surface area (Å²) < 4.78 is 33.8. The van der Waals surface area contributed by atoms with Gasteiger partial charge in [0.1, 0.15) is 0 Å². The lowest BCUT2D eigenvalue weighted by molar-refractivity contribution is -0.192. The quantitative estimate of drug-likeness (QED) is 0.809. The van der Waals surface area contributed by atoms with E-state index in [1.54, 1.807) is 11.3 Å². The minimum Gasteiger partial charge on any atom is -0.475 e. The number of hydrogen-bond donors (Lipinski definition) is 1. The van der Waals surface area contributed by atoms with Gasteiger partial charge >= 0.3 is 12.1 Å². The number of thiophene rings is 1. The third-order valence-corrected chi connectivity index (χ3v) is 5.74. The van der Waals surface area contributed by atoms with Gasteiger partial charge in [-0.2, -0.15) is 13.2 Å². The van der Waals surface area contributed by atoms with Crippen LogP contribution in [0, 0.1) is 0 Å². The van der Waals surface area contributed by atoms with Gasteiger partial charge in [-0.25, -0.2) is 9.78 Å². The molecule has 4 rings (SSSR count). The van der Waals surface area contributed by atoms with Crippen molar-refractivity contribution in [3.05, 3.63) is 40.1 Å². The molecule has 7 nitrogen and oxygen atoms in total. The Morgan fingerprint density at radius 1 is 1.34 bits per heavy atom. The smallest absolute Gasteiger partial charge is 0.475 e. The molecule has 0 spiro atoms. The third kappa shape index (κ3) is 4.96. The number of rotatable bonds is 3. The molecule has 0 bridgehead atoms. The summed E-state index contributed by atoms with van der Waals surface area (Å²) >= 11 is 1.77. The van der Waals surface area contributed by atoms with Gasteiger partial charge in [0, 0.05) is 44.6 Å². The van der Waals surface area contributed by atoms with Gasteiger partial charge in [0.25, 0.3) is 0 Å². The Hall–Kier alpha value is -2.40. The third-order valence-electron chi connectivity index (χ3n) is 4.87. The molecule has 4 heterocycles. The molecule has 1 N–H and O–H groups in total. The lowest BCUT2D eigenvalue weighted by Gasteiger charge is -2.38. The van der Waals surface area contributed by atoms with Gasteiger partial charge in [-0.05, 0) is 17.9 Å². The van der Waals surface area contributed by atoms with Crippen LogP contribution in [0.3, 0.4) is 0 Å². The lowest BCUT2D eigenvalue weighted by atomic mass is 9.95. The second-order valence-electron chi connectivity index (χ2n) is 6.97. The summed E-state index contributed by atoms with van der Waals surface area (Å²) in [6.45, 7) is 4.34. The van der Waals surface area contributed by atoms with Gasteiger partial charge in [-0.15, -0.1) is 11.3 Å². The van der Waals surface area contributed by atoms with E-state index in [1.807, 2.05) is 22.8 Å². The molecule has 1 saturated heterocycles. The molecule has 11 heteroatoms. The summed E-state index contributed by atoms with van der Waals surface area (Å²) in [5.74, 6) is -2.56. The molecule has 2 aromatic rings. The molecular weight excluding hydrogens is 409 g/mol. The molecule has 2 aromatic heterocycles. The van der Waals surface area contributed by atoms with Crippen LogP contribution in [0.4, 0.5) is 13.2 Å². The average Bonchev–Trinajstić information content (AvgIpc) is 3.22. The second kappa shape index (κ2) is 8.54. The molecule has 158 valence electrons. The Kier molecular flexibility index (Phi) is 6.27. The number of aryl methyl sites for hydroxylation is 1. The van der Waals surface area contributed by atoms with Crippen molar-refractivity contribution in [2.45, 2.75) is 31.6 Å². The van der Waals surface area contributed by atoms with Crippen molar-refractivity contribution in [2.24, 2.45) is 7.05 Å². The van der Waals surface area contributed by atoms with Crippen LogP contribution in [0.1, 0.15) is 28.6 Å². The number of alkyl halides is 3. The molecule has 2 aliphatic heterocycles. The molecule has 1 amide bonds. The van der Waals surface area contributed by atoms with Crippen molar-refractivity contribution in [2.75, 3.05) is 19.6 Å². The van der Waals surface area contributed by atoms with E-state index >= 15 is 0 Å². The summed E-state index contributed by atoms with van der Waals surface area (Å²) in [6.07, 6.45) is -2.11. The highest BCUT2D eigenvalue weighted by atomic mass is 32.1. The molecule has 1 unspecified atom stereocenters. The topological polar surface area (TPSA) is 78.7 Å². The van der Waals surface area contributed by atoms with Gasteiger partial charge in [0.15, 0.2) is 0 Å². The molecule has 2 aliphatic rings. The zero-order valence-corrected chi connectivity index (χ0v) is 16.5. The van der Waals surface area contributed by atoms with Crippen molar-refractivity contribution < 1.29 is 27.9 Å². The fraction of sp³-hybridized carbons (Fsp3) is 0.500. The minimum absolute atomic E-state index is 0.0727. The van der Waals surface area contributed by atoms with Crippen LogP contribution in [-0.4, -0.2) is 62.1 Å². The number of nitrogens with zero attached hydrogens (tertiary/aromatic N) is 4. The Morgan fingerprint density at radius 3 is 2.55 bits per heavy atom. The molecule has 0 aromatic carbocycles. The highest BCUT2D eigenvalue weighted by Gasteiger charge is 2.38. The first-order valence-corrected chi connectivity index (χ1v) is 9.88. The molecule has 1 atom stereocenters. The van der Waals surface area contributed by atoms with Crippen molar-refractivity contribution in [1.29, 1.82) is 0 Å². The van der Waals surface area contributed by atoms with E-state index in [0.29, 0.717) is 0 Å². The van der Waals surface area contributed by atoms with E-state index in [2.05, 4.69) is 27.4 Å². The van der Waals surface area contributed by atoms with Crippen LogP contribution in [0.2, 0.25) is 0 Å². The Labute approximate surface area is 169 Å². The average molecular weight is 430 g/mol. The number of fused-ring (bicyclic) bond motifs is 1. The predicted molar refractivity (Wildman–Crippen MR) is 99.3 cm³/mol. The first-order chi connectivity index (χ1) is 13.7. The first kappa shape index (κ1) is 21.3. The normalized spacial score (nSPS) is 19.0. The zero-order chi connectivity index (χ0) is 21.2. The maximum atomic E-state index is 12.8. The van der Waals surface area contributed by atoms with Gasteiger partial charge in [-0.3, -0.25) is 9.69 Å². The monoisotopic (exact) mass is 430 g/mol. The summed E-state index contributed by atoms with van der Waals surface area (Å²) in [4.78, 5) is 31.9. The highest BCUT2D eigenvalue weighted by Crippen LogP contribution is 2.31. The fourth-order valence-electron chi connectivity index (χ4n) is 3.37. The number of carboxylic acid groups (broad SMARTS) is 1. The number of imidazole rings is 1. The van der Waals surface area contributed by atoms with E-state index in [1.165, 1.54) is 4.88 Å². The van der Waals surface area contributed by atoms with Gasteiger partial charge in [0.2, 0.25) is 5.91 Å².